The Kier molecular flexibility index (Phi) is 6.60. The number of carbonyl (C=O) groups is 1. The lowest BCUT2D eigenvalue weighted by Crippen LogP contribution is -2.13. The van der Waals surface area contributed by atoms with Gasteiger partial charge in [-0.1, -0.05) is 25.1 Å². The zero-order chi connectivity index (χ0) is 22.3. The average Bonchev–Trinajstić information content (AvgIpc) is 3.20. The van der Waals surface area contributed by atoms with Gasteiger partial charge in [-0.05, 0) is 54.8 Å². The molecule has 0 aliphatic carbocycles. The molecule has 32 heavy (non-hydrogen) atoms. The van der Waals surface area contributed by atoms with Crippen LogP contribution in [-0.2, 0) is 11.2 Å². The number of rotatable bonds is 8. The van der Waals surface area contributed by atoms with Crippen molar-refractivity contribution in [1.82, 2.24) is 19.9 Å². The van der Waals surface area contributed by atoms with Crippen LogP contribution in [0.4, 0.5) is 17.6 Å². The fourth-order valence-corrected chi connectivity index (χ4v) is 3.25. The third-order valence-corrected chi connectivity index (χ3v) is 4.79. The molecule has 0 atom stereocenters. The maximum atomic E-state index is 11.9. The van der Waals surface area contributed by atoms with Gasteiger partial charge in [-0.15, -0.1) is 0 Å². The number of hydrogen-bond acceptors (Lipinski definition) is 8. The summed E-state index contributed by atoms with van der Waals surface area (Å²) in [5, 5.41) is 6.38. The van der Waals surface area contributed by atoms with Crippen LogP contribution < -0.4 is 10.6 Å². The van der Waals surface area contributed by atoms with E-state index in [2.05, 4.69) is 35.6 Å². The molecule has 1 aliphatic heterocycles. The molecule has 0 radical (unpaired) electrons. The molecule has 0 amide bonds. The van der Waals surface area contributed by atoms with E-state index in [0.717, 1.165) is 17.7 Å². The highest BCUT2D eigenvalue weighted by Crippen LogP contribution is 2.20. The Morgan fingerprint density at radius 2 is 1.78 bits per heavy atom. The summed E-state index contributed by atoms with van der Waals surface area (Å²) in [7, 11) is 0. The van der Waals surface area contributed by atoms with Gasteiger partial charge in [0.25, 0.3) is 0 Å². The van der Waals surface area contributed by atoms with Gasteiger partial charge in [-0.2, -0.15) is 15.0 Å². The molecule has 1 aliphatic rings. The Bertz CT molecular complexity index is 1150. The van der Waals surface area contributed by atoms with Crippen molar-refractivity contribution >= 4 is 29.2 Å². The first kappa shape index (κ1) is 21.3. The van der Waals surface area contributed by atoms with E-state index in [1.54, 1.807) is 6.20 Å². The summed E-state index contributed by atoms with van der Waals surface area (Å²) >= 11 is 0. The number of amidine groups is 1. The molecule has 8 nitrogen and oxygen atoms in total. The fourth-order valence-electron chi connectivity index (χ4n) is 3.25. The fraction of sp³-hybridized carbons (Fsp3) is 0.250. The number of carbonyl (C=O) groups excluding carboxylic acids is 1. The number of anilines is 3. The van der Waals surface area contributed by atoms with Crippen LogP contribution in [0, 0.1) is 0 Å². The summed E-state index contributed by atoms with van der Waals surface area (Å²) in [6, 6.07) is 13.3. The standard InChI is InChI=1S/C24H25N7O/c1-3-6-19(32)14-17-8-10-18(11-9-17)27-23-29-22(20-7-4-5-12-25-20)30-24(31-23)28-21-13-16(2)15-26-21/h4-5,7-13H,3,6,14-15H2,1-2H3,(H2,26,27,28,29,30,31). The van der Waals surface area contributed by atoms with E-state index in [4.69, 9.17) is 0 Å². The Balaban J connectivity index is 1.57. The van der Waals surface area contributed by atoms with Gasteiger partial charge < -0.3 is 10.6 Å². The van der Waals surface area contributed by atoms with E-state index >= 15 is 0 Å². The van der Waals surface area contributed by atoms with Gasteiger partial charge >= 0.3 is 0 Å². The van der Waals surface area contributed by atoms with Crippen LogP contribution in [0.3, 0.4) is 0 Å². The lowest BCUT2D eigenvalue weighted by molar-refractivity contribution is -0.118. The molecule has 0 saturated heterocycles. The zero-order valence-corrected chi connectivity index (χ0v) is 18.2. The second-order valence-corrected chi connectivity index (χ2v) is 7.63. The smallest absolute Gasteiger partial charge is 0.233 e. The van der Waals surface area contributed by atoms with Crippen LogP contribution in [0.2, 0.25) is 0 Å². The summed E-state index contributed by atoms with van der Waals surface area (Å²) < 4.78 is 0. The van der Waals surface area contributed by atoms with Crippen molar-refractivity contribution < 1.29 is 4.79 Å². The minimum atomic E-state index is 0.250. The number of Topliss-reactive ketones (excluding diaryl/α,β-unsaturated/α-hetero) is 1. The largest absolute Gasteiger partial charge is 0.324 e. The van der Waals surface area contributed by atoms with Gasteiger partial charge in [-0.3, -0.25) is 14.8 Å². The van der Waals surface area contributed by atoms with E-state index in [1.807, 2.05) is 62.4 Å². The van der Waals surface area contributed by atoms with Crippen molar-refractivity contribution in [2.24, 2.45) is 4.99 Å². The lowest BCUT2D eigenvalue weighted by atomic mass is 10.1. The highest BCUT2D eigenvalue weighted by atomic mass is 16.1. The molecule has 0 unspecified atom stereocenters. The van der Waals surface area contributed by atoms with Crippen molar-refractivity contribution in [3.63, 3.8) is 0 Å². The maximum absolute atomic E-state index is 11.9. The quantitative estimate of drug-likeness (QED) is 0.550. The SMILES string of the molecule is CCCC(=O)Cc1ccc(Nc2nc(NC3=NCC(C)=C3)nc(-c3ccccn3)n2)cc1. The third kappa shape index (κ3) is 5.60. The predicted octanol–water partition coefficient (Wildman–Crippen LogP) is 4.36. The van der Waals surface area contributed by atoms with Crippen molar-refractivity contribution in [1.29, 1.82) is 0 Å². The molecule has 8 heteroatoms. The number of aromatic nitrogens is 4. The number of aliphatic imine (C=N–C) groups is 1. The summed E-state index contributed by atoms with van der Waals surface area (Å²) in [5.74, 6) is 2.19. The summed E-state index contributed by atoms with van der Waals surface area (Å²) in [6.45, 7) is 4.70. The summed E-state index contributed by atoms with van der Waals surface area (Å²) in [4.78, 5) is 34.2. The minimum absolute atomic E-state index is 0.250. The van der Waals surface area contributed by atoms with Crippen molar-refractivity contribution in [2.75, 3.05) is 17.2 Å². The average molecular weight is 428 g/mol. The van der Waals surface area contributed by atoms with Crippen molar-refractivity contribution in [2.45, 2.75) is 33.1 Å². The van der Waals surface area contributed by atoms with Crippen molar-refractivity contribution in [3.05, 3.63) is 65.9 Å². The molecule has 0 bridgehead atoms. The van der Waals surface area contributed by atoms with Gasteiger partial charge in [0.05, 0.1) is 6.54 Å². The Hall–Kier alpha value is -3.94. The lowest BCUT2D eigenvalue weighted by Gasteiger charge is -2.10. The Labute approximate surface area is 187 Å². The normalized spacial score (nSPS) is 12.8. The molecule has 4 rings (SSSR count). The number of hydrogen-bond donors (Lipinski definition) is 2. The summed E-state index contributed by atoms with van der Waals surface area (Å²) in [5.41, 5.74) is 3.62. The first-order valence-electron chi connectivity index (χ1n) is 10.6. The van der Waals surface area contributed by atoms with Crippen LogP contribution in [0.25, 0.3) is 11.5 Å². The highest BCUT2D eigenvalue weighted by molar-refractivity contribution is 6.04. The third-order valence-electron chi connectivity index (χ3n) is 4.79. The number of pyridine rings is 1. The second kappa shape index (κ2) is 9.91. The Morgan fingerprint density at radius 1 is 1.00 bits per heavy atom. The van der Waals surface area contributed by atoms with Crippen LogP contribution in [-0.4, -0.2) is 38.1 Å². The number of ketones is 1. The maximum Gasteiger partial charge on any atom is 0.233 e. The molecule has 3 heterocycles. The summed E-state index contributed by atoms with van der Waals surface area (Å²) in [6.07, 6.45) is 5.60. The van der Waals surface area contributed by atoms with Gasteiger partial charge in [0.1, 0.15) is 17.3 Å². The molecule has 0 saturated carbocycles. The topological polar surface area (TPSA) is 105 Å². The van der Waals surface area contributed by atoms with E-state index in [-0.39, 0.29) is 5.78 Å². The van der Waals surface area contributed by atoms with Gasteiger partial charge in [0.15, 0.2) is 5.82 Å². The van der Waals surface area contributed by atoms with Gasteiger partial charge in [-0.25, -0.2) is 0 Å². The first-order chi connectivity index (χ1) is 15.6. The van der Waals surface area contributed by atoms with Gasteiger partial charge in [0.2, 0.25) is 11.9 Å². The van der Waals surface area contributed by atoms with Crippen molar-refractivity contribution in [3.8, 4) is 11.5 Å². The Morgan fingerprint density at radius 3 is 2.44 bits per heavy atom. The number of nitrogens with one attached hydrogen (secondary N) is 2. The molecule has 2 aromatic heterocycles. The van der Waals surface area contributed by atoms with E-state index in [0.29, 0.717) is 48.6 Å². The predicted molar refractivity (Wildman–Crippen MR) is 126 cm³/mol. The molecule has 0 fully saturated rings. The number of nitrogens with zero attached hydrogens (tertiary/aromatic N) is 5. The van der Waals surface area contributed by atoms with Crippen LogP contribution in [0.1, 0.15) is 32.3 Å². The second-order valence-electron chi connectivity index (χ2n) is 7.63. The number of benzene rings is 1. The monoisotopic (exact) mass is 427 g/mol. The molecule has 2 N–H and O–H groups in total. The molecule has 0 spiro atoms. The van der Waals surface area contributed by atoms with Crippen LogP contribution in [0.5, 0.6) is 0 Å². The van der Waals surface area contributed by atoms with Crippen LogP contribution in [0.15, 0.2) is 65.3 Å². The first-order valence-corrected chi connectivity index (χ1v) is 10.6. The van der Waals surface area contributed by atoms with E-state index in [1.165, 1.54) is 5.57 Å². The van der Waals surface area contributed by atoms with Gasteiger partial charge in [0, 0.05) is 24.7 Å². The van der Waals surface area contributed by atoms with E-state index < -0.39 is 0 Å². The molecule has 162 valence electrons. The zero-order valence-electron chi connectivity index (χ0n) is 18.2. The molecule has 3 aromatic rings. The highest BCUT2D eigenvalue weighted by Gasteiger charge is 2.13. The van der Waals surface area contributed by atoms with Crippen LogP contribution >= 0.6 is 0 Å². The molecule has 1 aromatic carbocycles. The molecular formula is C24H25N7O. The minimum Gasteiger partial charge on any atom is -0.324 e. The molecular weight excluding hydrogens is 402 g/mol. The van der Waals surface area contributed by atoms with E-state index in [9.17, 15) is 4.79 Å².